The minimum Gasteiger partial charge on any atom is -0.165 e. The van der Waals surface area contributed by atoms with Crippen molar-refractivity contribution in [2.45, 2.75) is 6.18 Å². The van der Waals surface area contributed by atoms with Crippen LogP contribution in [-0.4, -0.2) is 11.9 Å². The Morgan fingerprint density at radius 3 is 1.86 bits per heavy atom. The Hall–Kier alpha value is -0.190. The summed E-state index contributed by atoms with van der Waals surface area (Å²) in [5.41, 5.74) is 0. The quantitative estimate of drug-likeness (QED) is 0.519. The summed E-state index contributed by atoms with van der Waals surface area (Å²) < 4.78 is 38.8. The van der Waals surface area contributed by atoms with Gasteiger partial charge in [-0.2, -0.15) is 13.2 Å². The molecule has 5 heteroatoms. The minimum absolute atomic E-state index is 0.0336. The second-order valence-corrected chi connectivity index (χ2v) is 1.48. The lowest BCUT2D eigenvalue weighted by molar-refractivity contribution is -0.105. The van der Waals surface area contributed by atoms with Crippen LogP contribution >= 0.6 is 0 Å². The van der Waals surface area contributed by atoms with Gasteiger partial charge in [0.2, 0.25) is 0 Å². The number of alkyl halides is 3. The molecule has 0 bridgehead atoms. The fraction of sp³-hybridized carbons (Fsp3) is 1.00. The van der Waals surface area contributed by atoms with Crippen molar-refractivity contribution in [3.63, 3.8) is 0 Å². The Labute approximate surface area is 42.5 Å². The Balaban J connectivity index is 3.34. The molecule has 0 saturated carbocycles. The topological polar surface area (TPSA) is 23.9 Å². The summed E-state index contributed by atoms with van der Waals surface area (Å²) in [4.78, 5) is 0. The van der Waals surface area contributed by atoms with Crippen molar-refractivity contribution >= 4 is 11.6 Å². The van der Waals surface area contributed by atoms with Crippen molar-refractivity contribution in [3.8, 4) is 0 Å². The molecule has 0 rings (SSSR count). The molecule has 0 heterocycles. The molecule has 7 heavy (non-hydrogen) atoms. The Morgan fingerprint density at radius 2 is 1.86 bits per heavy atom. The molecule has 0 unspecified atom stereocenters. The first kappa shape index (κ1) is 6.81. The van der Waals surface area contributed by atoms with Crippen molar-refractivity contribution in [2.75, 3.05) is 5.75 Å². The van der Waals surface area contributed by atoms with Crippen LogP contribution in [0, 0.1) is 4.78 Å². The predicted octanol–water partition coefficient (Wildman–Crippen LogP) is 1.39. The molecular formula is C2H3F3NS+. The van der Waals surface area contributed by atoms with E-state index in [0.29, 0.717) is 0 Å². The first-order valence-electron chi connectivity index (χ1n) is 1.41. The average molecular weight is 130 g/mol. The molecule has 0 atom stereocenters. The molecule has 0 aromatic carbocycles. The van der Waals surface area contributed by atoms with Crippen LogP contribution in [0.2, 0.25) is 0 Å². The Bertz CT molecular complexity index is 67.8. The highest BCUT2D eigenvalue weighted by Gasteiger charge is 2.33. The van der Waals surface area contributed by atoms with Crippen LogP contribution in [0.15, 0.2) is 0 Å². The van der Waals surface area contributed by atoms with Crippen LogP contribution in [0.4, 0.5) is 13.2 Å². The molecule has 0 fully saturated rings. The van der Waals surface area contributed by atoms with E-state index >= 15 is 0 Å². The first-order valence-corrected chi connectivity index (χ1v) is 2.40. The monoisotopic (exact) mass is 130 g/mol. The van der Waals surface area contributed by atoms with Gasteiger partial charge in [0.25, 0.3) is 5.75 Å². The lowest BCUT2D eigenvalue weighted by Crippen LogP contribution is -2.11. The van der Waals surface area contributed by atoms with Gasteiger partial charge in [0.1, 0.15) is 0 Å². The van der Waals surface area contributed by atoms with Crippen molar-refractivity contribution in [2.24, 2.45) is 0 Å². The highest BCUT2D eigenvalue weighted by molar-refractivity contribution is 7.66. The van der Waals surface area contributed by atoms with Crippen LogP contribution < -0.4 is 0 Å². The normalized spacial score (nSPS) is 11.3. The number of hydrogen-bond acceptors (Lipinski definition) is 1. The van der Waals surface area contributed by atoms with Crippen molar-refractivity contribution < 1.29 is 13.2 Å². The lowest BCUT2D eigenvalue weighted by Gasteiger charge is -1.89. The van der Waals surface area contributed by atoms with Gasteiger partial charge in [-0.05, 0) is 4.78 Å². The zero-order chi connectivity index (χ0) is 5.91. The van der Waals surface area contributed by atoms with Gasteiger partial charge >= 0.3 is 17.7 Å². The highest BCUT2D eigenvalue weighted by atomic mass is 32.1. The molecule has 0 spiro atoms. The highest BCUT2D eigenvalue weighted by Crippen LogP contribution is 2.12. The summed E-state index contributed by atoms with van der Waals surface area (Å²) in [7, 11) is 0. The second kappa shape index (κ2) is 2.20. The molecule has 0 aliphatic carbocycles. The molecule has 0 aliphatic heterocycles. The minimum atomic E-state index is -4.17. The van der Waals surface area contributed by atoms with Gasteiger partial charge in [-0.25, -0.2) is 0 Å². The van der Waals surface area contributed by atoms with Crippen LogP contribution in [0.5, 0.6) is 0 Å². The smallest absolute Gasteiger partial charge is 0.165 e. The molecule has 1 N–H and O–H groups in total. The number of nitrogens with one attached hydrogen (secondary N) is 1. The molecule has 0 aliphatic rings. The van der Waals surface area contributed by atoms with Crippen molar-refractivity contribution in [1.82, 2.24) is 0 Å². The summed E-state index contributed by atoms with van der Waals surface area (Å²) in [5.74, 6) is -1.08. The third-order valence-electron chi connectivity index (χ3n) is 0.236. The van der Waals surface area contributed by atoms with Crippen LogP contribution in [0.25, 0.3) is 0 Å². The maximum atomic E-state index is 10.9. The predicted molar refractivity (Wildman–Crippen MR) is 21.0 cm³/mol. The van der Waals surface area contributed by atoms with E-state index in [1.54, 1.807) is 0 Å². The SMILES string of the molecule is N=[S+]CC(F)(F)F. The summed E-state index contributed by atoms with van der Waals surface area (Å²) in [6.45, 7) is 0. The van der Waals surface area contributed by atoms with Gasteiger partial charge in [0.05, 0.1) is 0 Å². The maximum absolute atomic E-state index is 10.9. The van der Waals surface area contributed by atoms with E-state index in [1.807, 2.05) is 0 Å². The fourth-order valence-electron chi connectivity index (χ4n) is 0.0818. The number of hydrogen-bond donors (Lipinski definition) is 1. The van der Waals surface area contributed by atoms with E-state index in [2.05, 4.69) is 0 Å². The molecular weight excluding hydrogens is 127 g/mol. The largest absolute Gasteiger partial charge is 0.445 e. The van der Waals surface area contributed by atoms with Crippen LogP contribution in [0.3, 0.4) is 0 Å². The van der Waals surface area contributed by atoms with Crippen LogP contribution in [0.1, 0.15) is 0 Å². The molecule has 42 valence electrons. The van der Waals surface area contributed by atoms with Gasteiger partial charge in [-0.15, -0.1) is 0 Å². The van der Waals surface area contributed by atoms with E-state index in [4.69, 9.17) is 4.78 Å². The summed E-state index contributed by atoms with van der Waals surface area (Å²) >= 11 is 0.0336. The standard InChI is InChI=1S/C2H3F3NS/c3-2(4,5)1-7-6/h6H,1H2/q+1. The zero-order valence-electron chi connectivity index (χ0n) is 3.25. The Morgan fingerprint density at radius 1 is 1.43 bits per heavy atom. The summed E-state index contributed by atoms with van der Waals surface area (Å²) in [6, 6.07) is 0. The third kappa shape index (κ3) is 5.81. The van der Waals surface area contributed by atoms with E-state index in [1.165, 1.54) is 0 Å². The summed E-state index contributed by atoms with van der Waals surface area (Å²) in [6.07, 6.45) is -4.17. The van der Waals surface area contributed by atoms with E-state index in [0.717, 1.165) is 0 Å². The molecule has 0 aromatic rings. The maximum Gasteiger partial charge on any atom is 0.445 e. The summed E-state index contributed by atoms with van der Waals surface area (Å²) in [5, 5.41) is 0. The third-order valence-corrected chi connectivity index (χ3v) is 0.707. The molecule has 0 aromatic heterocycles. The fourth-order valence-corrected chi connectivity index (χ4v) is 0.245. The second-order valence-electron chi connectivity index (χ2n) is 0.904. The molecule has 1 nitrogen and oxygen atoms in total. The van der Waals surface area contributed by atoms with E-state index in [9.17, 15) is 13.2 Å². The van der Waals surface area contributed by atoms with Crippen molar-refractivity contribution in [3.05, 3.63) is 0 Å². The first-order chi connectivity index (χ1) is 3.06. The number of rotatable bonds is 1. The van der Waals surface area contributed by atoms with Gasteiger partial charge in [0.15, 0.2) is 0 Å². The lowest BCUT2D eigenvalue weighted by atomic mass is 10.8. The van der Waals surface area contributed by atoms with Crippen molar-refractivity contribution in [1.29, 1.82) is 4.78 Å². The average Bonchev–Trinajstić information content (AvgIpc) is 1.30. The molecule has 0 radical (unpaired) electrons. The molecule has 0 saturated heterocycles. The molecule has 0 amide bonds. The Kier molecular flexibility index (Phi) is 2.14. The van der Waals surface area contributed by atoms with Gasteiger partial charge < -0.3 is 0 Å². The zero-order valence-corrected chi connectivity index (χ0v) is 4.07. The van der Waals surface area contributed by atoms with Crippen LogP contribution in [-0.2, 0) is 11.6 Å². The van der Waals surface area contributed by atoms with Gasteiger partial charge in [-0.3, -0.25) is 0 Å². The van der Waals surface area contributed by atoms with Gasteiger partial charge in [-0.1, -0.05) is 0 Å². The number of halogens is 3. The van der Waals surface area contributed by atoms with Gasteiger partial charge in [0, 0.05) is 0 Å². The van der Waals surface area contributed by atoms with E-state index < -0.39 is 11.9 Å². The van der Waals surface area contributed by atoms with E-state index in [-0.39, 0.29) is 11.6 Å².